The monoisotopic (exact) mass is 166 g/mol. The summed E-state index contributed by atoms with van der Waals surface area (Å²) >= 11 is 0. The molecule has 2 rings (SSSR count). The van der Waals surface area contributed by atoms with Crippen LogP contribution in [0.5, 0.6) is 0 Å². The Bertz CT molecular complexity index is 230. The lowest BCUT2D eigenvalue weighted by molar-refractivity contribution is -0.146. The third-order valence-corrected chi connectivity index (χ3v) is 2.34. The minimum Gasteiger partial charge on any atom is -0.343 e. The van der Waals surface area contributed by atoms with Crippen LogP contribution >= 0.6 is 0 Å². The molecule has 1 aliphatic heterocycles. The van der Waals surface area contributed by atoms with E-state index in [9.17, 15) is 0 Å². The maximum absolute atomic E-state index is 5.72. The highest BCUT2D eigenvalue weighted by Gasteiger charge is 2.45. The Hall–Kier alpha value is -0.600. The van der Waals surface area contributed by atoms with Gasteiger partial charge in [0.1, 0.15) is 12.2 Å². The number of hydrogen-bond donors (Lipinski definition) is 0. The summed E-state index contributed by atoms with van der Waals surface area (Å²) in [7, 11) is 0. The molecule has 1 saturated heterocycles. The number of fused-ring (bicyclic) bond motifs is 1. The molecule has 66 valence electrons. The van der Waals surface area contributed by atoms with Crippen LogP contribution in [0.25, 0.3) is 0 Å². The summed E-state index contributed by atoms with van der Waals surface area (Å²) in [4.78, 5) is 0. The Balaban J connectivity index is 2.16. The topological polar surface area (TPSA) is 18.5 Å². The van der Waals surface area contributed by atoms with E-state index < -0.39 is 5.79 Å². The van der Waals surface area contributed by atoms with Crippen molar-refractivity contribution in [3.05, 3.63) is 24.8 Å². The highest BCUT2D eigenvalue weighted by atomic mass is 16.8. The molecule has 0 N–H and O–H groups in total. The lowest BCUT2D eigenvalue weighted by atomic mass is 10.1. The van der Waals surface area contributed by atoms with Crippen LogP contribution in [0.3, 0.4) is 0 Å². The van der Waals surface area contributed by atoms with Crippen molar-refractivity contribution in [3.63, 3.8) is 0 Å². The predicted molar refractivity (Wildman–Crippen MR) is 46.7 cm³/mol. The Morgan fingerprint density at radius 3 is 2.75 bits per heavy atom. The third-order valence-electron chi connectivity index (χ3n) is 2.34. The Labute approximate surface area is 72.9 Å². The average molecular weight is 166 g/mol. The molecule has 0 aromatic carbocycles. The van der Waals surface area contributed by atoms with Crippen LogP contribution in [0.15, 0.2) is 24.8 Å². The van der Waals surface area contributed by atoms with Crippen molar-refractivity contribution in [2.75, 3.05) is 0 Å². The van der Waals surface area contributed by atoms with E-state index >= 15 is 0 Å². The standard InChI is InChI=1S/C10H14O2/c1-4-7-5-6-8-9(7)12-10(2,3)11-8/h4-9H,1H2,2-3H3/t7-,8-,9+/m1/s1. The summed E-state index contributed by atoms with van der Waals surface area (Å²) in [5.74, 6) is -0.113. The van der Waals surface area contributed by atoms with Gasteiger partial charge in [0.2, 0.25) is 0 Å². The maximum Gasteiger partial charge on any atom is 0.164 e. The Kier molecular flexibility index (Phi) is 1.63. The largest absolute Gasteiger partial charge is 0.343 e. The minimum atomic E-state index is -0.429. The average Bonchev–Trinajstić information content (AvgIpc) is 2.42. The van der Waals surface area contributed by atoms with Gasteiger partial charge in [-0.2, -0.15) is 0 Å². The van der Waals surface area contributed by atoms with Gasteiger partial charge in [-0.25, -0.2) is 0 Å². The molecule has 0 radical (unpaired) electrons. The molecule has 2 nitrogen and oxygen atoms in total. The van der Waals surface area contributed by atoms with Gasteiger partial charge in [0.05, 0.1) is 0 Å². The van der Waals surface area contributed by atoms with Gasteiger partial charge in [-0.1, -0.05) is 18.2 Å². The van der Waals surface area contributed by atoms with Gasteiger partial charge in [0.25, 0.3) is 0 Å². The number of rotatable bonds is 1. The fourth-order valence-electron chi connectivity index (χ4n) is 1.82. The summed E-state index contributed by atoms with van der Waals surface area (Å²) in [6, 6.07) is 0. The lowest BCUT2D eigenvalue weighted by Crippen LogP contribution is -2.24. The minimum absolute atomic E-state index is 0.128. The fraction of sp³-hybridized carbons (Fsp3) is 0.600. The van der Waals surface area contributed by atoms with Crippen molar-refractivity contribution in [2.24, 2.45) is 5.92 Å². The van der Waals surface area contributed by atoms with Gasteiger partial charge in [0.15, 0.2) is 5.79 Å². The summed E-state index contributed by atoms with van der Waals surface area (Å²) < 4.78 is 11.4. The van der Waals surface area contributed by atoms with Crippen molar-refractivity contribution in [2.45, 2.75) is 31.8 Å². The van der Waals surface area contributed by atoms with Gasteiger partial charge < -0.3 is 9.47 Å². The molecule has 12 heavy (non-hydrogen) atoms. The van der Waals surface area contributed by atoms with Gasteiger partial charge in [-0.3, -0.25) is 0 Å². The van der Waals surface area contributed by atoms with E-state index in [1.165, 1.54) is 0 Å². The zero-order valence-electron chi connectivity index (χ0n) is 7.49. The van der Waals surface area contributed by atoms with Gasteiger partial charge in [-0.05, 0) is 13.8 Å². The second-order valence-electron chi connectivity index (χ2n) is 3.76. The molecule has 1 heterocycles. The van der Waals surface area contributed by atoms with E-state index in [0.717, 1.165) is 0 Å². The zero-order valence-corrected chi connectivity index (χ0v) is 7.49. The van der Waals surface area contributed by atoms with Crippen LogP contribution in [0.1, 0.15) is 13.8 Å². The van der Waals surface area contributed by atoms with Crippen molar-refractivity contribution in [3.8, 4) is 0 Å². The second-order valence-corrected chi connectivity index (χ2v) is 3.76. The molecule has 1 aliphatic carbocycles. The van der Waals surface area contributed by atoms with Crippen molar-refractivity contribution < 1.29 is 9.47 Å². The second kappa shape index (κ2) is 2.44. The molecule has 1 fully saturated rings. The summed E-state index contributed by atoms with van der Waals surface area (Å²) in [5.41, 5.74) is 0. The molecule has 2 heteroatoms. The van der Waals surface area contributed by atoms with Crippen LogP contribution in [0.4, 0.5) is 0 Å². The first-order chi connectivity index (χ1) is 5.62. The van der Waals surface area contributed by atoms with Crippen LogP contribution in [0.2, 0.25) is 0 Å². The molecular formula is C10H14O2. The van der Waals surface area contributed by atoms with E-state index in [0.29, 0.717) is 5.92 Å². The van der Waals surface area contributed by atoms with Gasteiger partial charge in [-0.15, -0.1) is 6.58 Å². The molecule has 0 aromatic rings. The molecule has 3 atom stereocenters. The van der Waals surface area contributed by atoms with Crippen LogP contribution < -0.4 is 0 Å². The van der Waals surface area contributed by atoms with E-state index in [1.807, 2.05) is 19.9 Å². The maximum atomic E-state index is 5.72. The SMILES string of the molecule is C=C[C@@H]1C=C[C@H]2OC(C)(C)O[C@@H]12. The van der Waals surface area contributed by atoms with Crippen molar-refractivity contribution in [1.29, 1.82) is 0 Å². The molecule has 2 aliphatic rings. The van der Waals surface area contributed by atoms with Crippen LogP contribution in [-0.2, 0) is 9.47 Å². The molecule has 0 spiro atoms. The van der Waals surface area contributed by atoms with Crippen LogP contribution in [0, 0.1) is 5.92 Å². The molecular weight excluding hydrogens is 152 g/mol. The fourth-order valence-corrected chi connectivity index (χ4v) is 1.82. The predicted octanol–water partition coefficient (Wildman–Crippen LogP) is 1.88. The molecule has 0 unspecified atom stereocenters. The van der Waals surface area contributed by atoms with E-state index in [4.69, 9.17) is 9.47 Å². The third kappa shape index (κ3) is 1.11. The van der Waals surface area contributed by atoms with Crippen molar-refractivity contribution >= 4 is 0 Å². The Morgan fingerprint density at radius 1 is 1.33 bits per heavy atom. The van der Waals surface area contributed by atoms with Gasteiger partial charge in [0, 0.05) is 5.92 Å². The van der Waals surface area contributed by atoms with Crippen LogP contribution in [-0.4, -0.2) is 18.0 Å². The van der Waals surface area contributed by atoms with E-state index in [1.54, 1.807) is 0 Å². The first kappa shape index (κ1) is 8.02. The molecule has 0 aromatic heterocycles. The van der Waals surface area contributed by atoms with Crippen molar-refractivity contribution in [1.82, 2.24) is 0 Å². The quantitative estimate of drug-likeness (QED) is 0.554. The van der Waals surface area contributed by atoms with E-state index in [-0.39, 0.29) is 12.2 Å². The normalized spacial score (nSPS) is 43.0. The highest BCUT2D eigenvalue weighted by molar-refractivity contribution is 5.16. The molecule has 0 saturated carbocycles. The van der Waals surface area contributed by atoms with Gasteiger partial charge >= 0.3 is 0 Å². The Morgan fingerprint density at radius 2 is 2.08 bits per heavy atom. The molecule has 0 amide bonds. The number of hydrogen-bond acceptors (Lipinski definition) is 2. The summed E-state index contributed by atoms with van der Waals surface area (Å²) in [6.07, 6.45) is 6.34. The highest BCUT2D eigenvalue weighted by Crippen LogP contribution is 2.37. The first-order valence-corrected chi connectivity index (χ1v) is 4.29. The summed E-state index contributed by atoms with van der Waals surface area (Å²) in [6.45, 7) is 7.65. The summed E-state index contributed by atoms with van der Waals surface area (Å²) in [5, 5.41) is 0. The number of ether oxygens (including phenoxy) is 2. The first-order valence-electron chi connectivity index (χ1n) is 4.29. The molecule has 0 bridgehead atoms. The zero-order chi connectivity index (χ0) is 8.77. The van der Waals surface area contributed by atoms with E-state index in [2.05, 4.69) is 18.7 Å². The smallest absolute Gasteiger partial charge is 0.164 e. The lowest BCUT2D eigenvalue weighted by Gasteiger charge is -2.18.